The van der Waals surface area contributed by atoms with Crippen molar-refractivity contribution in [2.45, 2.75) is 44.8 Å². The zero-order chi connectivity index (χ0) is 22.3. The van der Waals surface area contributed by atoms with Crippen molar-refractivity contribution in [2.24, 2.45) is 0 Å². The van der Waals surface area contributed by atoms with Crippen molar-refractivity contribution in [3.05, 3.63) is 54.1 Å². The van der Waals surface area contributed by atoms with Crippen LogP contribution in [-0.4, -0.2) is 67.7 Å². The molecular formula is C26H34N2O4. The molecule has 2 fully saturated rings. The second-order valence-corrected chi connectivity index (χ2v) is 8.69. The van der Waals surface area contributed by atoms with E-state index in [1.165, 1.54) is 0 Å². The van der Waals surface area contributed by atoms with Gasteiger partial charge in [-0.1, -0.05) is 18.2 Å². The van der Waals surface area contributed by atoms with E-state index in [0.717, 1.165) is 57.6 Å². The normalized spacial score (nSPS) is 18.4. The molecule has 32 heavy (non-hydrogen) atoms. The number of methoxy groups -OCH3 is 1. The van der Waals surface area contributed by atoms with Gasteiger partial charge in [0, 0.05) is 38.3 Å². The fourth-order valence-electron chi connectivity index (χ4n) is 4.45. The Balaban J connectivity index is 1.33. The lowest BCUT2D eigenvalue weighted by Crippen LogP contribution is -2.45. The number of hydrogen-bond acceptors (Lipinski definition) is 5. The van der Waals surface area contributed by atoms with Crippen LogP contribution in [0.4, 0.5) is 0 Å². The van der Waals surface area contributed by atoms with Crippen LogP contribution in [0.2, 0.25) is 0 Å². The monoisotopic (exact) mass is 438 g/mol. The molecule has 1 atom stereocenters. The Morgan fingerprint density at radius 3 is 2.41 bits per heavy atom. The molecule has 0 unspecified atom stereocenters. The maximum Gasteiger partial charge on any atom is 0.257 e. The lowest BCUT2D eigenvalue weighted by Gasteiger charge is -2.36. The molecule has 0 bridgehead atoms. The highest BCUT2D eigenvalue weighted by Crippen LogP contribution is 2.30. The van der Waals surface area contributed by atoms with Crippen molar-refractivity contribution < 1.29 is 19.0 Å². The first-order chi connectivity index (χ1) is 15.6. The minimum absolute atomic E-state index is 0.0595. The second-order valence-electron chi connectivity index (χ2n) is 8.69. The Hall–Kier alpha value is -2.73. The predicted molar refractivity (Wildman–Crippen MR) is 125 cm³/mol. The minimum atomic E-state index is 0.0595. The highest BCUT2D eigenvalue weighted by atomic mass is 16.5. The summed E-state index contributed by atoms with van der Waals surface area (Å²) in [5.41, 5.74) is 0.639. The van der Waals surface area contributed by atoms with Crippen LogP contribution >= 0.6 is 0 Å². The summed E-state index contributed by atoms with van der Waals surface area (Å²) in [7, 11) is 1.64. The number of benzene rings is 2. The second kappa shape index (κ2) is 10.7. The average Bonchev–Trinajstić information content (AvgIpc) is 3.38. The Kier molecular flexibility index (Phi) is 7.53. The van der Waals surface area contributed by atoms with Crippen molar-refractivity contribution in [2.75, 3.05) is 39.9 Å². The molecule has 4 rings (SSSR count). The topological polar surface area (TPSA) is 51.2 Å². The van der Waals surface area contributed by atoms with Gasteiger partial charge in [-0.05, 0) is 56.9 Å². The number of ether oxygens (including phenoxy) is 3. The number of para-hydroxylation sites is 1. The van der Waals surface area contributed by atoms with Gasteiger partial charge in [-0.15, -0.1) is 0 Å². The fourth-order valence-corrected chi connectivity index (χ4v) is 4.45. The third-order valence-electron chi connectivity index (χ3n) is 6.44. The van der Waals surface area contributed by atoms with Crippen LogP contribution in [0.15, 0.2) is 48.5 Å². The summed E-state index contributed by atoms with van der Waals surface area (Å²) >= 11 is 0. The van der Waals surface area contributed by atoms with Crippen LogP contribution in [0.25, 0.3) is 0 Å². The Morgan fingerprint density at radius 1 is 1.00 bits per heavy atom. The van der Waals surface area contributed by atoms with Gasteiger partial charge in [0.25, 0.3) is 5.91 Å². The van der Waals surface area contributed by atoms with Crippen molar-refractivity contribution in [3.8, 4) is 17.2 Å². The van der Waals surface area contributed by atoms with Crippen molar-refractivity contribution >= 4 is 5.91 Å². The number of hydrogen-bond donors (Lipinski definition) is 0. The largest absolute Gasteiger partial charge is 0.497 e. The molecule has 6 nitrogen and oxygen atoms in total. The Labute approximate surface area is 191 Å². The molecule has 0 aliphatic carbocycles. The number of likely N-dealkylation sites (tertiary alicyclic amines) is 2. The lowest BCUT2D eigenvalue weighted by molar-refractivity contribution is 0.0616. The summed E-state index contributed by atoms with van der Waals surface area (Å²) in [5, 5.41) is 0. The zero-order valence-corrected chi connectivity index (χ0v) is 19.2. The van der Waals surface area contributed by atoms with Gasteiger partial charge >= 0.3 is 0 Å². The summed E-state index contributed by atoms with van der Waals surface area (Å²) in [4.78, 5) is 17.4. The number of nitrogens with zero attached hydrogens (tertiary/aromatic N) is 2. The molecule has 6 heteroatoms. The van der Waals surface area contributed by atoms with E-state index in [-0.39, 0.29) is 12.0 Å². The first-order valence-electron chi connectivity index (χ1n) is 11.7. The smallest absolute Gasteiger partial charge is 0.257 e. The molecule has 2 aliphatic rings. The highest BCUT2D eigenvalue weighted by molar-refractivity contribution is 5.97. The van der Waals surface area contributed by atoms with Crippen LogP contribution in [-0.2, 0) is 0 Å². The highest BCUT2D eigenvalue weighted by Gasteiger charge is 2.27. The minimum Gasteiger partial charge on any atom is -0.497 e. The van der Waals surface area contributed by atoms with Crippen molar-refractivity contribution in [3.63, 3.8) is 0 Å². The van der Waals surface area contributed by atoms with Gasteiger partial charge in [0.15, 0.2) is 0 Å². The van der Waals surface area contributed by atoms with E-state index in [1.807, 2.05) is 53.4 Å². The number of carbonyl (C=O) groups is 1. The summed E-state index contributed by atoms with van der Waals surface area (Å²) in [6.07, 6.45) is 4.07. The van der Waals surface area contributed by atoms with E-state index >= 15 is 0 Å². The third-order valence-corrected chi connectivity index (χ3v) is 6.44. The summed E-state index contributed by atoms with van der Waals surface area (Å²) in [6, 6.07) is 15.8. The molecule has 2 saturated heterocycles. The summed E-state index contributed by atoms with van der Waals surface area (Å²) in [6.45, 7) is 6.42. The van der Waals surface area contributed by atoms with E-state index < -0.39 is 0 Å². The van der Waals surface area contributed by atoms with Crippen LogP contribution in [0.1, 0.15) is 43.0 Å². The molecule has 172 valence electrons. The standard InChI is InChI=1S/C26H34N2O4/c1-20(19-31-21-8-4-3-5-9-21)27-16-12-22(13-17-27)32-25-18-23(30-2)10-11-24(25)26(29)28-14-6-7-15-28/h3-5,8-11,18,20,22H,6-7,12-17,19H2,1-2H3/t20-/m1/s1. The Bertz CT molecular complexity index is 875. The number of rotatable bonds is 8. The number of carbonyl (C=O) groups excluding carboxylic acids is 1. The molecule has 2 heterocycles. The van der Waals surface area contributed by atoms with Gasteiger partial charge in [-0.25, -0.2) is 0 Å². The maximum absolute atomic E-state index is 13.0. The van der Waals surface area contributed by atoms with Crippen LogP contribution in [0.5, 0.6) is 17.2 Å². The van der Waals surface area contributed by atoms with E-state index in [4.69, 9.17) is 14.2 Å². The molecule has 2 aromatic rings. The molecule has 1 amide bonds. The Morgan fingerprint density at radius 2 is 1.72 bits per heavy atom. The molecule has 0 radical (unpaired) electrons. The van der Waals surface area contributed by atoms with Crippen LogP contribution in [0, 0.1) is 0 Å². The summed E-state index contributed by atoms with van der Waals surface area (Å²) in [5.74, 6) is 2.32. The third kappa shape index (κ3) is 5.54. The fraction of sp³-hybridized carbons (Fsp3) is 0.500. The van der Waals surface area contributed by atoms with Gasteiger partial charge in [-0.2, -0.15) is 0 Å². The molecule has 0 spiro atoms. The molecular weight excluding hydrogens is 404 g/mol. The first kappa shape index (κ1) is 22.5. The van der Waals surface area contributed by atoms with Crippen LogP contribution in [0.3, 0.4) is 0 Å². The molecule has 2 aromatic carbocycles. The lowest BCUT2D eigenvalue weighted by atomic mass is 10.1. The van der Waals surface area contributed by atoms with Gasteiger partial charge in [0.2, 0.25) is 0 Å². The SMILES string of the molecule is COc1ccc(C(=O)N2CCCC2)c(OC2CCN([C@H](C)COc3ccccc3)CC2)c1. The molecule has 0 aromatic heterocycles. The van der Waals surface area contributed by atoms with Gasteiger partial charge < -0.3 is 19.1 Å². The zero-order valence-electron chi connectivity index (χ0n) is 19.2. The van der Waals surface area contributed by atoms with Crippen molar-refractivity contribution in [1.82, 2.24) is 9.80 Å². The number of amides is 1. The number of piperidine rings is 1. The van der Waals surface area contributed by atoms with Gasteiger partial charge in [0.1, 0.15) is 30.0 Å². The van der Waals surface area contributed by atoms with E-state index in [0.29, 0.717) is 29.7 Å². The van der Waals surface area contributed by atoms with Gasteiger partial charge in [-0.3, -0.25) is 9.69 Å². The van der Waals surface area contributed by atoms with Crippen molar-refractivity contribution in [1.29, 1.82) is 0 Å². The first-order valence-corrected chi connectivity index (χ1v) is 11.7. The molecule has 0 saturated carbocycles. The molecule has 0 N–H and O–H groups in total. The van der Waals surface area contributed by atoms with E-state index in [1.54, 1.807) is 7.11 Å². The average molecular weight is 439 g/mol. The summed E-state index contributed by atoms with van der Waals surface area (Å²) < 4.78 is 17.7. The van der Waals surface area contributed by atoms with Gasteiger partial charge in [0.05, 0.1) is 12.7 Å². The van der Waals surface area contributed by atoms with Crippen LogP contribution < -0.4 is 14.2 Å². The quantitative estimate of drug-likeness (QED) is 0.617. The molecule has 2 aliphatic heterocycles. The van der Waals surface area contributed by atoms with E-state index in [2.05, 4.69) is 11.8 Å². The van der Waals surface area contributed by atoms with E-state index in [9.17, 15) is 4.79 Å². The maximum atomic E-state index is 13.0. The predicted octanol–water partition coefficient (Wildman–Crippen LogP) is 4.24.